The van der Waals surface area contributed by atoms with E-state index in [9.17, 15) is 5.11 Å². The number of hydrogen-bond acceptors (Lipinski definition) is 5. The molecular weight excluding hydrogens is 256 g/mol. The van der Waals surface area contributed by atoms with Crippen LogP contribution in [-0.2, 0) is 9.47 Å². The van der Waals surface area contributed by atoms with Crippen molar-refractivity contribution < 1.29 is 14.6 Å². The van der Waals surface area contributed by atoms with Gasteiger partial charge in [-0.25, -0.2) is 0 Å². The van der Waals surface area contributed by atoms with E-state index in [1.807, 2.05) is 6.92 Å². The first-order chi connectivity index (χ1) is 9.32. The Morgan fingerprint density at radius 2 is 1.70 bits per heavy atom. The van der Waals surface area contributed by atoms with Crippen molar-refractivity contribution in [2.75, 3.05) is 53.0 Å². The van der Waals surface area contributed by atoms with Gasteiger partial charge in [0.25, 0.3) is 0 Å². The summed E-state index contributed by atoms with van der Waals surface area (Å²) < 4.78 is 10.6. The highest BCUT2D eigenvalue weighted by atomic mass is 16.5. The third-order valence-corrected chi connectivity index (χ3v) is 3.76. The quantitative estimate of drug-likeness (QED) is 0.751. The van der Waals surface area contributed by atoms with Gasteiger partial charge in [-0.05, 0) is 27.7 Å². The molecule has 0 spiro atoms. The van der Waals surface area contributed by atoms with Crippen LogP contribution >= 0.6 is 0 Å². The third kappa shape index (κ3) is 6.50. The molecule has 0 radical (unpaired) electrons. The first-order valence-electron chi connectivity index (χ1n) is 7.59. The molecule has 0 aromatic rings. The molecule has 2 atom stereocenters. The van der Waals surface area contributed by atoms with Crippen molar-refractivity contribution in [2.24, 2.45) is 0 Å². The summed E-state index contributed by atoms with van der Waals surface area (Å²) in [6.07, 6.45) is -0.386. The molecule has 0 aromatic carbocycles. The molecule has 1 fully saturated rings. The molecule has 1 aliphatic heterocycles. The fraction of sp³-hybridized carbons (Fsp3) is 1.00. The average Bonchev–Trinajstić information content (AvgIpc) is 2.36. The molecule has 1 rings (SSSR count). The SMILES string of the molecule is COCC(C)OCC(O)CN1CCN(C(C)(C)C)CC1. The normalized spacial score (nSPS) is 21.9. The van der Waals surface area contributed by atoms with Crippen molar-refractivity contribution in [2.45, 2.75) is 45.4 Å². The summed E-state index contributed by atoms with van der Waals surface area (Å²) >= 11 is 0. The standard InChI is InChI=1S/C15H32N2O3/c1-13(11-19-5)20-12-14(18)10-16-6-8-17(9-7-16)15(2,3)4/h13-14,18H,6-12H2,1-5H3. The number of aliphatic hydroxyl groups excluding tert-OH is 1. The first-order valence-corrected chi connectivity index (χ1v) is 7.59. The molecule has 2 unspecified atom stereocenters. The van der Waals surface area contributed by atoms with Gasteiger partial charge in [-0.3, -0.25) is 9.80 Å². The first kappa shape index (κ1) is 17.9. The largest absolute Gasteiger partial charge is 0.389 e. The number of aliphatic hydroxyl groups is 1. The Kier molecular flexibility index (Phi) is 7.40. The van der Waals surface area contributed by atoms with Gasteiger partial charge in [0, 0.05) is 45.4 Å². The number of methoxy groups -OCH3 is 1. The molecule has 120 valence electrons. The molecule has 0 aromatic heterocycles. The van der Waals surface area contributed by atoms with Crippen LogP contribution in [0.1, 0.15) is 27.7 Å². The lowest BCUT2D eigenvalue weighted by Crippen LogP contribution is -2.54. The zero-order valence-electron chi connectivity index (χ0n) is 13.8. The van der Waals surface area contributed by atoms with Crippen LogP contribution in [0.4, 0.5) is 0 Å². The fourth-order valence-corrected chi connectivity index (χ4v) is 2.51. The number of rotatable bonds is 7. The zero-order valence-corrected chi connectivity index (χ0v) is 13.8. The summed E-state index contributed by atoms with van der Waals surface area (Å²) in [4.78, 5) is 4.81. The summed E-state index contributed by atoms with van der Waals surface area (Å²) in [6, 6.07) is 0. The summed E-state index contributed by atoms with van der Waals surface area (Å²) in [5.41, 5.74) is 0.239. The van der Waals surface area contributed by atoms with Crippen LogP contribution in [0.2, 0.25) is 0 Å². The lowest BCUT2D eigenvalue weighted by Gasteiger charge is -2.42. The summed E-state index contributed by atoms with van der Waals surface area (Å²) in [6.45, 7) is 14.5. The fourth-order valence-electron chi connectivity index (χ4n) is 2.51. The van der Waals surface area contributed by atoms with Crippen LogP contribution in [0.25, 0.3) is 0 Å². The summed E-state index contributed by atoms with van der Waals surface area (Å²) in [7, 11) is 1.66. The second-order valence-corrected chi connectivity index (χ2v) is 6.71. The van der Waals surface area contributed by atoms with Crippen LogP contribution in [0.5, 0.6) is 0 Å². The van der Waals surface area contributed by atoms with E-state index in [2.05, 4.69) is 30.6 Å². The zero-order chi connectivity index (χ0) is 15.2. The van der Waals surface area contributed by atoms with Crippen molar-refractivity contribution in [1.29, 1.82) is 0 Å². The van der Waals surface area contributed by atoms with Crippen LogP contribution in [-0.4, -0.2) is 85.7 Å². The van der Waals surface area contributed by atoms with E-state index in [-0.39, 0.29) is 11.6 Å². The van der Waals surface area contributed by atoms with Gasteiger partial charge >= 0.3 is 0 Å². The average molecular weight is 288 g/mol. The van der Waals surface area contributed by atoms with E-state index in [1.165, 1.54) is 0 Å². The highest BCUT2D eigenvalue weighted by Crippen LogP contribution is 2.15. The predicted octanol–water partition coefficient (Wildman–Crippen LogP) is 0.815. The molecule has 0 bridgehead atoms. The van der Waals surface area contributed by atoms with E-state index < -0.39 is 6.10 Å². The summed E-state index contributed by atoms with van der Waals surface area (Å²) in [5.74, 6) is 0. The molecular formula is C15H32N2O3. The van der Waals surface area contributed by atoms with E-state index >= 15 is 0 Å². The molecule has 1 N–H and O–H groups in total. The van der Waals surface area contributed by atoms with Crippen molar-refractivity contribution in [3.05, 3.63) is 0 Å². The van der Waals surface area contributed by atoms with Gasteiger partial charge in [0.2, 0.25) is 0 Å². The lowest BCUT2D eigenvalue weighted by atomic mass is 10.0. The molecule has 0 saturated carbocycles. The minimum atomic E-state index is -0.421. The molecule has 20 heavy (non-hydrogen) atoms. The molecule has 5 nitrogen and oxygen atoms in total. The van der Waals surface area contributed by atoms with Crippen molar-refractivity contribution in [3.63, 3.8) is 0 Å². The highest BCUT2D eigenvalue weighted by molar-refractivity contribution is 4.82. The van der Waals surface area contributed by atoms with Crippen molar-refractivity contribution in [1.82, 2.24) is 9.80 Å². The Hall–Kier alpha value is -0.200. The maximum Gasteiger partial charge on any atom is 0.0900 e. The van der Waals surface area contributed by atoms with Crippen molar-refractivity contribution in [3.8, 4) is 0 Å². The maximum atomic E-state index is 10.0. The van der Waals surface area contributed by atoms with Gasteiger partial charge in [-0.15, -0.1) is 0 Å². The molecule has 0 amide bonds. The maximum absolute atomic E-state index is 10.0. The van der Waals surface area contributed by atoms with E-state index in [0.29, 0.717) is 19.8 Å². The molecule has 5 heteroatoms. The number of hydrogen-bond donors (Lipinski definition) is 1. The Labute approximate surface area is 123 Å². The molecule has 0 aliphatic carbocycles. The molecule has 1 aliphatic rings. The van der Waals surface area contributed by atoms with Crippen LogP contribution in [0.3, 0.4) is 0 Å². The lowest BCUT2D eigenvalue weighted by molar-refractivity contribution is -0.0449. The minimum Gasteiger partial charge on any atom is -0.389 e. The van der Waals surface area contributed by atoms with E-state index in [0.717, 1.165) is 26.2 Å². The minimum absolute atomic E-state index is 0.0346. The number of nitrogens with zero attached hydrogens (tertiary/aromatic N) is 2. The van der Waals surface area contributed by atoms with Gasteiger partial charge in [0.1, 0.15) is 0 Å². The van der Waals surface area contributed by atoms with Crippen LogP contribution in [0.15, 0.2) is 0 Å². The Bertz CT molecular complexity index is 260. The van der Waals surface area contributed by atoms with Crippen molar-refractivity contribution >= 4 is 0 Å². The van der Waals surface area contributed by atoms with Gasteiger partial charge in [0.05, 0.1) is 25.4 Å². The van der Waals surface area contributed by atoms with Crippen LogP contribution < -0.4 is 0 Å². The van der Waals surface area contributed by atoms with E-state index in [4.69, 9.17) is 9.47 Å². The molecule has 1 heterocycles. The predicted molar refractivity (Wildman–Crippen MR) is 81.1 cm³/mol. The third-order valence-electron chi connectivity index (χ3n) is 3.76. The number of ether oxygens (including phenoxy) is 2. The Morgan fingerprint density at radius 3 is 2.20 bits per heavy atom. The van der Waals surface area contributed by atoms with Gasteiger partial charge in [-0.2, -0.15) is 0 Å². The van der Waals surface area contributed by atoms with Crippen LogP contribution in [0, 0.1) is 0 Å². The second kappa shape index (κ2) is 8.29. The van der Waals surface area contributed by atoms with Gasteiger partial charge < -0.3 is 14.6 Å². The van der Waals surface area contributed by atoms with Gasteiger partial charge in [0.15, 0.2) is 0 Å². The Morgan fingerprint density at radius 1 is 1.10 bits per heavy atom. The smallest absolute Gasteiger partial charge is 0.0900 e. The number of piperazine rings is 1. The summed E-state index contributed by atoms with van der Waals surface area (Å²) in [5, 5.41) is 10.0. The van der Waals surface area contributed by atoms with Gasteiger partial charge in [-0.1, -0.05) is 0 Å². The molecule has 1 saturated heterocycles. The second-order valence-electron chi connectivity index (χ2n) is 6.71. The monoisotopic (exact) mass is 288 g/mol. The topological polar surface area (TPSA) is 45.2 Å². The highest BCUT2D eigenvalue weighted by Gasteiger charge is 2.26. The van der Waals surface area contributed by atoms with E-state index in [1.54, 1.807) is 7.11 Å². The number of β-amino-alcohol motifs (C(OH)–C–C–N with tert-alkyl or cyclic N) is 1. The Balaban J connectivity index is 2.19.